The molecule has 1 nitrogen and oxygen atoms in total. The van der Waals surface area contributed by atoms with E-state index in [1.165, 1.54) is 24.3 Å². The quantitative estimate of drug-likeness (QED) is 0.730. The first-order valence-corrected chi connectivity index (χ1v) is 5.36. The largest absolute Gasteiger partial charge is 0.458 e. The number of aromatic nitrogens is 1. The van der Waals surface area contributed by atoms with Gasteiger partial charge < -0.3 is 0 Å². The van der Waals surface area contributed by atoms with Crippen LogP contribution in [0.5, 0.6) is 0 Å². The maximum atomic E-state index is 13.8. The average molecular weight is 291 g/mol. The van der Waals surface area contributed by atoms with Crippen LogP contribution < -0.4 is 0 Å². The molecule has 1 heterocycles. The van der Waals surface area contributed by atoms with Crippen molar-refractivity contribution in [3.63, 3.8) is 0 Å². The highest BCUT2D eigenvalue weighted by Gasteiger charge is 2.59. The van der Waals surface area contributed by atoms with Gasteiger partial charge in [0.05, 0.1) is 7.06 Å². The summed E-state index contributed by atoms with van der Waals surface area (Å²) in [4.78, 5) is 3.68. The molecule has 2 aromatic rings. The van der Waals surface area contributed by atoms with Crippen molar-refractivity contribution in [2.75, 3.05) is 0 Å². The maximum absolute atomic E-state index is 13.8. The third-order valence-electron chi connectivity index (χ3n) is 2.61. The Morgan fingerprint density at radius 1 is 1.15 bits per heavy atom. The average Bonchev–Trinajstić information content (AvgIpc) is 2.45. The van der Waals surface area contributed by atoms with Crippen molar-refractivity contribution in [2.24, 2.45) is 0 Å². The van der Waals surface area contributed by atoms with E-state index in [1.807, 2.05) is 0 Å². The lowest BCUT2D eigenvalue weighted by molar-refractivity contribution is -0.289. The lowest BCUT2D eigenvalue weighted by Gasteiger charge is -2.22. The number of pyridine rings is 1. The molecule has 2 rings (SSSR count). The van der Waals surface area contributed by atoms with Crippen LogP contribution >= 0.6 is 0 Å². The molecular formula is C14H10F5N. The van der Waals surface area contributed by atoms with Crippen LogP contribution in [0.3, 0.4) is 0 Å². The summed E-state index contributed by atoms with van der Waals surface area (Å²) < 4.78 is 94.5. The summed E-state index contributed by atoms with van der Waals surface area (Å²) in [7, 11) is 0. The van der Waals surface area contributed by atoms with Crippen molar-refractivity contribution in [3.8, 4) is 11.3 Å². The zero-order valence-electron chi connectivity index (χ0n) is 13.8. The van der Waals surface area contributed by atoms with Gasteiger partial charge in [-0.25, -0.2) is 0 Å². The number of nitrogens with zero attached hydrogens (tertiary/aromatic N) is 1. The first-order valence-electron chi connectivity index (χ1n) is 7.36. The van der Waals surface area contributed by atoms with Crippen molar-refractivity contribution in [1.82, 2.24) is 4.98 Å². The van der Waals surface area contributed by atoms with E-state index in [0.29, 0.717) is 12.3 Å². The maximum Gasteiger partial charge on any atom is 0.458 e. The number of alkyl halides is 5. The first-order chi connectivity index (χ1) is 10.8. The van der Waals surface area contributed by atoms with Gasteiger partial charge in [-0.2, -0.15) is 22.0 Å². The normalized spacial score (nSPS) is 16.1. The molecule has 20 heavy (non-hydrogen) atoms. The lowest BCUT2D eigenvalue weighted by Crippen LogP contribution is -2.34. The van der Waals surface area contributed by atoms with Gasteiger partial charge >= 0.3 is 12.1 Å². The monoisotopic (exact) mass is 291 g/mol. The van der Waals surface area contributed by atoms with Gasteiger partial charge in [0.2, 0.25) is 0 Å². The van der Waals surface area contributed by atoms with Gasteiger partial charge in [0, 0.05) is 21.4 Å². The van der Waals surface area contributed by atoms with Crippen LogP contribution in [0.4, 0.5) is 22.0 Å². The Labute approximate surface area is 117 Å². The summed E-state index contributed by atoms with van der Waals surface area (Å²) in [5.74, 6) is -5.34. The van der Waals surface area contributed by atoms with Gasteiger partial charge in [0.1, 0.15) is 0 Å². The van der Waals surface area contributed by atoms with E-state index in [-0.39, 0.29) is 17.3 Å². The lowest BCUT2D eigenvalue weighted by atomic mass is 10.0. The van der Waals surface area contributed by atoms with E-state index in [1.54, 1.807) is 0 Å². The van der Waals surface area contributed by atoms with Crippen LogP contribution in [0.1, 0.15) is 16.6 Å². The van der Waals surface area contributed by atoms with Gasteiger partial charge in [0.25, 0.3) is 0 Å². The molecule has 0 saturated heterocycles. The van der Waals surface area contributed by atoms with Crippen molar-refractivity contribution in [2.45, 2.75) is 19.0 Å². The Balaban J connectivity index is 2.69. The van der Waals surface area contributed by atoms with Crippen LogP contribution in [0.15, 0.2) is 42.6 Å². The molecular weight excluding hydrogens is 277 g/mol. The second-order valence-electron chi connectivity index (χ2n) is 3.98. The zero-order valence-corrected chi connectivity index (χ0v) is 9.80. The first kappa shape index (κ1) is 9.85. The van der Waals surface area contributed by atoms with Gasteiger partial charge in [-0.1, -0.05) is 30.3 Å². The standard InChI is InChI=1S/C14H10F5N/c1-9-8-20-12(10-5-3-2-4-6-10)7-11(9)13(15,16)14(17,18)19/h2-8H,1H3/i1D3,2D. The van der Waals surface area contributed by atoms with Gasteiger partial charge in [-0.15, -0.1) is 0 Å². The molecule has 0 atom stereocenters. The topological polar surface area (TPSA) is 12.9 Å². The number of rotatable bonds is 2. The molecule has 0 unspecified atom stereocenters. The Morgan fingerprint density at radius 2 is 1.80 bits per heavy atom. The summed E-state index contributed by atoms with van der Waals surface area (Å²) in [5.41, 5.74) is -2.88. The Kier molecular flexibility index (Phi) is 2.39. The highest BCUT2D eigenvalue weighted by Crippen LogP contribution is 2.45. The highest BCUT2D eigenvalue weighted by molar-refractivity contribution is 5.60. The van der Waals surface area contributed by atoms with Crippen LogP contribution in [0, 0.1) is 6.85 Å². The van der Waals surface area contributed by atoms with Crippen LogP contribution in [0.2, 0.25) is 0 Å². The van der Waals surface area contributed by atoms with E-state index >= 15 is 0 Å². The molecule has 6 heteroatoms. The second kappa shape index (κ2) is 4.85. The van der Waals surface area contributed by atoms with E-state index in [2.05, 4.69) is 4.98 Å². The smallest absolute Gasteiger partial charge is 0.256 e. The van der Waals surface area contributed by atoms with E-state index < -0.39 is 30.1 Å². The van der Waals surface area contributed by atoms with Crippen LogP contribution in [0.25, 0.3) is 11.3 Å². The Hall–Kier alpha value is -1.98. The summed E-state index contributed by atoms with van der Waals surface area (Å²) >= 11 is 0. The molecule has 0 saturated carbocycles. The molecule has 106 valence electrons. The molecule has 0 aliphatic rings. The SMILES string of the molecule is [2H]c1ccc(-c2cc(C(F)(F)C(F)(F)F)c(C([2H])([2H])[2H])cn2)cc1. The fourth-order valence-corrected chi connectivity index (χ4v) is 1.58. The summed E-state index contributed by atoms with van der Waals surface area (Å²) in [6.45, 7) is -3.18. The van der Waals surface area contributed by atoms with Crippen molar-refractivity contribution >= 4 is 0 Å². The molecule has 0 fully saturated rings. The van der Waals surface area contributed by atoms with Crippen LogP contribution in [-0.2, 0) is 5.92 Å². The van der Waals surface area contributed by atoms with E-state index in [4.69, 9.17) is 5.48 Å². The Bertz CT molecular complexity index is 738. The predicted octanol–water partition coefficient (Wildman–Crippen LogP) is 4.71. The third kappa shape index (κ3) is 2.50. The number of benzene rings is 1. The zero-order chi connectivity index (χ0) is 18.3. The van der Waals surface area contributed by atoms with Gasteiger partial charge in [-0.3, -0.25) is 4.98 Å². The summed E-state index contributed by atoms with van der Waals surface area (Å²) in [6.07, 6.45) is -5.44. The van der Waals surface area contributed by atoms with Crippen molar-refractivity contribution in [3.05, 3.63) is 53.7 Å². The van der Waals surface area contributed by atoms with Crippen molar-refractivity contribution in [1.29, 1.82) is 0 Å². The number of halogens is 5. The minimum absolute atomic E-state index is 0.110. The molecule has 0 amide bonds. The minimum atomic E-state index is -5.95. The summed E-state index contributed by atoms with van der Waals surface area (Å²) in [6, 6.07) is 5.77. The molecule has 1 aromatic heterocycles. The fourth-order valence-electron chi connectivity index (χ4n) is 1.58. The molecule has 0 spiro atoms. The van der Waals surface area contributed by atoms with E-state index in [9.17, 15) is 22.0 Å². The number of hydrogen-bond donors (Lipinski definition) is 0. The molecule has 1 aromatic carbocycles. The number of aryl methyl sites for hydroxylation is 1. The molecule has 0 radical (unpaired) electrons. The van der Waals surface area contributed by atoms with Crippen LogP contribution in [-0.4, -0.2) is 11.2 Å². The third-order valence-corrected chi connectivity index (χ3v) is 2.61. The van der Waals surface area contributed by atoms with Crippen molar-refractivity contribution < 1.29 is 27.4 Å². The molecule has 0 N–H and O–H groups in total. The predicted molar refractivity (Wildman–Crippen MR) is 64.4 cm³/mol. The molecule has 0 aliphatic carbocycles. The summed E-state index contributed by atoms with van der Waals surface area (Å²) in [5, 5.41) is 0. The van der Waals surface area contributed by atoms with E-state index in [0.717, 1.165) is 0 Å². The molecule has 0 bridgehead atoms. The minimum Gasteiger partial charge on any atom is -0.256 e. The highest BCUT2D eigenvalue weighted by atomic mass is 19.4. The second-order valence-corrected chi connectivity index (χ2v) is 3.98. The molecule has 0 aliphatic heterocycles. The fraction of sp³-hybridized carbons (Fsp3) is 0.214. The Morgan fingerprint density at radius 3 is 2.35 bits per heavy atom. The van der Waals surface area contributed by atoms with Gasteiger partial charge in [0.15, 0.2) is 0 Å². The van der Waals surface area contributed by atoms with Gasteiger partial charge in [-0.05, 0) is 18.5 Å². The number of hydrogen-bond acceptors (Lipinski definition) is 1.